The molecule has 0 saturated carbocycles. The lowest BCUT2D eigenvalue weighted by Gasteiger charge is -2.26. The minimum absolute atomic E-state index is 0.00844. The Morgan fingerprint density at radius 2 is 2.00 bits per heavy atom. The van der Waals surface area contributed by atoms with Crippen LogP contribution in [0.15, 0.2) is 29.2 Å². The monoisotopic (exact) mass is 392 g/mol. The first-order chi connectivity index (χ1) is 12.6. The lowest BCUT2D eigenvalue weighted by atomic mass is 10.2. The molecule has 8 heteroatoms. The third-order valence-corrected chi connectivity index (χ3v) is 5.47. The highest BCUT2D eigenvalue weighted by molar-refractivity contribution is 8.26. The highest BCUT2D eigenvalue weighted by Gasteiger charge is 2.30. The molecule has 138 valence electrons. The van der Waals surface area contributed by atoms with E-state index in [-0.39, 0.29) is 18.4 Å². The average Bonchev–Trinajstić information content (AvgIpc) is 2.94. The summed E-state index contributed by atoms with van der Waals surface area (Å²) in [5.74, 6) is 0.518. The van der Waals surface area contributed by atoms with Crippen LogP contribution in [0.3, 0.4) is 0 Å². The number of benzene rings is 1. The van der Waals surface area contributed by atoms with Crippen LogP contribution in [-0.2, 0) is 14.3 Å². The topological polar surface area (TPSA) is 59.1 Å². The van der Waals surface area contributed by atoms with Gasteiger partial charge >= 0.3 is 0 Å². The molecule has 2 aliphatic heterocycles. The maximum absolute atomic E-state index is 12.2. The van der Waals surface area contributed by atoms with Crippen molar-refractivity contribution >= 4 is 46.2 Å². The van der Waals surface area contributed by atoms with Gasteiger partial charge in [-0.2, -0.15) is 0 Å². The van der Waals surface area contributed by atoms with Crippen molar-refractivity contribution < 1.29 is 19.1 Å². The van der Waals surface area contributed by atoms with Crippen LogP contribution >= 0.6 is 24.0 Å². The maximum Gasteiger partial charge on any atom is 0.266 e. The molecule has 2 saturated heterocycles. The Bertz CT molecular complexity index is 727. The van der Waals surface area contributed by atoms with Crippen LogP contribution in [0.1, 0.15) is 12.5 Å². The molecule has 0 N–H and O–H groups in total. The zero-order chi connectivity index (χ0) is 18.5. The number of likely N-dealkylation sites (N-methyl/N-ethyl adjacent to an activating group) is 1. The molecule has 0 radical (unpaired) electrons. The maximum atomic E-state index is 12.2. The molecule has 1 aromatic rings. The van der Waals surface area contributed by atoms with Crippen molar-refractivity contribution in [1.29, 1.82) is 0 Å². The smallest absolute Gasteiger partial charge is 0.266 e. The van der Waals surface area contributed by atoms with Gasteiger partial charge in [-0.15, -0.1) is 0 Å². The van der Waals surface area contributed by atoms with E-state index in [1.54, 1.807) is 21.9 Å². The zero-order valence-corrected chi connectivity index (χ0v) is 16.1. The fraction of sp³-hybridized carbons (Fsp3) is 0.389. The summed E-state index contributed by atoms with van der Waals surface area (Å²) in [4.78, 5) is 28.2. The van der Waals surface area contributed by atoms with Crippen LogP contribution < -0.4 is 4.74 Å². The van der Waals surface area contributed by atoms with Gasteiger partial charge in [0.25, 0.3) is 11.8 Å². The van der Waals surface area contributed by atoms with Gasteiger partial charge in [0.1, 0.15) is 10.1 Å². The highest BCUT2D eigenvalue weighted by Crippen LogP contribution is 2.32. The van der Waals surface area contributed by atoms with Gasteiger partial charge in [-0.25, -0.2) is 0 Å². The Hall–Kier alpha value is -1.90. The summed E-state index contributed by atoms with van der Waals surface area (Å²) in [7, 11) is 0. The number of amides is 2. The number of thiocarbonyl (C=S) groups is 1. The second-order valence-electron chi connectivity index (χ2n) is 5.78. The van der Waals surface area contributed by atoms with Crippen molar-refractivity contribution in [3.63, 3.8) is 0 Å². The van der Waals surface area contributed by atoms with Gasteiger partial charge in [-0.05, 0) is 30.7 Å². The van der Waals surface area contributed by atoms with E-state index in [2.05, 4.69) is 0 Å². The number of rotatable bonds is 5. The number of hydrogen-bond donors (Lipinski definition) is 0. The summed E-state index contributed by atoms with van der Waals surface area (Å²) in [6, 6.07) is 7.29. The molecule has 0 spiro atoms. The molecule has 26 heavy (non-hydrogen) atoms. The minimum atomic E-state index is -0.0565. The van der Waals surface area contributed by atoms with Gasteiger partial charge in [-0.1, -0.05) is 36.1 Å². The normalized spacial score (nSPS) is 19.3. The number of carbonyl (C=O) groups is 2. The average molecular weight is 393 g/mol. The fourth-order valence-electron chi connectivity index (χ4n) is 2.63. The predicted molar refractivity (Wildman–Crippen MR) is 105 cm³/mol. The first-order valence-electron chi connectivity index (χ1n) is 8.42. The van der Waals surface area contributed by atoms with E-state index in [4.69, 9.17) is 21.7 Å². The van der Waals surface area contributed by atoms with Crippen LogP contribution in [0.25, 0.3) is 6.08 Å². The van der Waals surface area contributed by atoms with E-state index in [0.717, 1.165) is 5.56 Å². The Morgan fingerprint density at radius 1 is 1.31 bits per heavy atom. The summed E-state index contributed by atoms with van der Waals surface area (Å²) < 4.78 is 11.4. The van der Waals surface area contributed by atoms with Crippen molar-refractivity contribution in [2.24, 2.45) is 0 Å². The molecule has 0 atom stereocenters. The van der Waals surface area contributed by atoms with Crippen LogP contribution in [0.4, 0.5) is 0 Å². The number of morpholine rings is 1. The molecular formula is C18H20N2O4S2. The van der Waals surface area contributed by atoms with Crippen LogP contribution in [0, 0.1) is 0 Å². The van der Waals surface area contributed by atoms with Crippen molar-refractivity contribution in [2.45, 2.75) is 6.92 Å². The first-order valence-corrected chi connectivity index (χ1v) is 9.64. The number of thioether (sulfide) groups is 1. The molecule has 6 nitrogen and oxygen atoms in total. The Balaban J connectivity index is 1.57. The van der Waals surface area contributed by atoms with E-state index >= 15 is 0 Å². The molecule has 2 aliphatic rings. The molecule has 3 rings (SSSR count). The Kier molecular flexibility index (Phi) is 6.29. The molecule has 0 aliphatic carbocycles. The summed E-state index contributed by atoms with van der Waals surface area (Å²) in [5, 5.41) is 0. The van der Waals surface area contributed by atoms with Crippen molar-refractivity contribution in [2.75, 3.05) is 39.5 Å². The van der Waals surface area contributed by atoms with E-state index in [1.807, 2.05) is 25.1 Å². The van der Waals surface area contributed by atoms with Gasteiger partial charge in [0.2, 0.25) is 0 Å². The Labute approximate surface area is 162 Å². The highest BCUT2D eigenvalue weighted by atomic mass is 32.2. The second-order valence-corrected chi connectivity index (χ2v) is 7.45. The lowest BCUT2D eigenvalue weighted by Crippen LogP contribution is -2.42. The van der Waals surface area contributed by atoms with E-state index in [9.17, 15) is 9.59 Å². The van der Waals surface area contributed by atoms with Crippen molar-refractivity contribution in [1.82, 2.24) is 9.80 Å². The van der Waals surface area contributed by atoms with Crippen molar-refractivity contribution in [3.05, 3.63) is 34.7 Å². The molecule has 2 heterocycles. The van der Waals surface area contributed by atoms with Gasteiger partial charge in [0.15, 0.2) is 6.61 Å². The van der Waals surface area contributed by atoms with Gasteiger partial charge < -0.3 is 14.4 Å². The third kappa shape index (κ3) is 4.44. The first kappa shape index (κ1) is 18.9. The third-order valence-electron chi connectivity index (χ3n) is 4.09. The quantitative estimate of drug-likeness (QED) is 0.565. The lowest BCUT2D eigenvalue weighted by molar-refractivity contribution is -0.137. The Morgan fingerprint density at radius 3 is 2.62 bits per heavy atom. The largest absolute Gasteiger partial charge is 0.484 e. The fourth-order valence-corrected chi connectivity index (χ4v) is 4.02. The van der Waals surface area contributed by atoms with E-state index in [1.165, 1.54) is 11.8 Å². The summed E-state index contributed by atoms with van der Waals surface area (Å²) >= 11 is 6.52. The number of ether oxygens (including phenoxy) is 2. The molecule has 0 aromatic heterocycles. The van der Waals surface area contributed by atoms with E-state index in [0.29, 0.717) is 47.8 Å². The second kappa shape index (κ2) is 8.66. The molecule has 0 unspecified atom stereocenters. The molecule has 2 fully saturated rings. The molecule has 0 bridgehead atoms. The van der Waals surface area contributed by atoms with Crippen LogP contribution in [-0.4, -0.2) is 65.4 Å². The molecule has 1 aromatic carbocycles. The number of carbonyl (C=O) groups excluding carboxylic acids is 2. The molecule has 2 amide bonds. The minimum Gasteiger partial charge on any atom is -0.484 e. The van der Waals surface area contributed by atoms with Crippen LogP contribution in [0.5, 0.6) is 5.75 Å². The summed E-state index contributed by atoms with van der Waals surface area (Å²) in [6.45, 7) is 4.85. The van der Waals surface area contributed by atoms with E-state index < -0.39 is 0 Å². The standard InChI is InChI=1S/C18H20N2O4S2/c1-2-20-17(22)15(26-18(20)25)11-13-3-5-14(6-4-13)24-12-16(21)19-7-9-23-10-8-19/h3-6,11H,2,7-10,12H2,1H3/b15-11-. The summed E-state index contributed by atoms with van der Waals surface area (Å²) in [5.41, 5.74) is 0.883. The number of nitrogens with zero attached hydrogens (tertiary/aromatic N) is 2. The SMILES string of the molecule is CCN1C(=O)/C(=C/c2ccc(OCC(=O)N3CCOCC3)cc2)SC1=S. The van der Waals surface area contributed by atoms with Gasteiger partial charge in [0, 0.05) is 19.6 Å². The molecular weight excluding hydrogens is 372 g/mol. The predicted octanol–water partition coefficient (Wildman–Crippen LogP) is 2.15. The van der Waals surface area contributed by atoms with Gasteiger partial charge in [-0.3, -0.25) is 14.5 Å². The van der Waals surface area contributed by atoms with Crippen molar-refractivity contribution in [3.8, 4) is 5.75 Å². The summed E-state index contributed by atoms with van der Waals surface area (Å²) in [6.07, 6.45) is 1.82. The van der Waals surface area contributed by atoms with Gasteiger partial charge in [0.05, 0.1) is 18.1 Å². The number of hydrogen-bond acceptors (Lipinski definition) is 6. The zero-order valence-electron chi connectivity index (χ0n) is 14.5. The van der Waals surface area contributed by atoms with Crippen LogP contribution in [0.2, 0.25) is 0 Å².